The molecule has 5 heteroatoms. The number of rotatable bonds is 2. The van der Waals surface area contributed by atoms with Gasteiger partial charge in [-0.15, -0.1) is 0 Å². The maximum Gasteiger partial charge on any atom is 0.228 e. The molecular weight excluding hydrogens is 250 g/mol. The van der Waals surface area contributed by atoms with Crippen LogP contribution in [0.5, 0.6) is 0 Å². The van der Waals surface area contributed by atoms with Crippen LogP contribution in [0.4, 0.5) is 11.9 Å². The van der Waals surface area contributed by atoms with E-state index >= 15 is 0 Å². The van der Waals surface area contributed by atoms with Crippen molar-refractivity contribution in [3.05, 3.63) is 40.7 Å². The number of hydrogen-bond donors (Lipinski definition) is 2. The molecule has 0 saturated heterocycles. The summed E-state index contributed by atoms with van der Waals surface area (Å²) >= 11 is 0. The Morgan fingerprint density at radius 3 is 2.85 bits per heavy atom. The van der Waals surface area contributed by atoms with Gasteiger partial charge in [-0.1, -0.05) is 23.8 Å². The molecule has 0 bridgehead atoms. The first-order valence-electron chi connectivity index (χ1n) is 6.96. The number of nitrogens with two attached hydrogens (primary N) is 1. The molecule has 1 unspecified atom stereocenters. The highest BCUT2D eigenvalue weighted by Gasteiger charge is 2.21. The number of aromatic nitrogens is 3. The first-order valence-corrected chi connectivity index (χ1v) is 6.96. The molecule has 1 aliphatic rings. The highest BCUT2D eigenvalue weighted by molar-refractivity contribution is 5.41. The van der Waals surface area contributed by atoms with E-state index < -0.39 is 0 Å². The zero-order valence-corrected chi connectivity index (χ0v) is 11.8. The lowest BCUT2D eigenvalue weighted by atomic mass is 9.87. The number of nitrogen functional groups attached to an aromatic ring is 1. The van der Waals surface area contributed by atoms with E-state index in [1.807, 2.05) is 6.92 Å². The van der Waals surface area contributed by atoms with Crippen LogP contribution in [-0.2, 0) is 6.42 Å². The third-order valence-electron chi connectivity index (χ3n) is 3.68. The molecule has 1 atom stereocenters. The van der Waals surface area contributed by atoms with Gasteiger partial charge < -0.3 is 11.1 Å². The monoisotopic (exact) mass is 269 g/mol. The average Bonchev–Trinajstić information content (AvgIpc) is 2.38. The minimum absolute atomic E-state index is 0.250. The maximum atomic E-state index is 5.68. The Labute approximate surface area is 118 Å². The van der Waals surface area contributed by atoms with Crippen molar-refractivity contribution in [3.8, 4) is 0 Å². The number of benzene rings is 1. The topological polar surface area (TPSA) is 76.7 Å². The standard InChI is InChI=1S/C15H19N5/c1-9-6-7-11-4-3-5-13(12(11)8-9)19-15-18-10(2)17-14(16)20-15/h6-8,13H,3-5H2,1-2H3,(H3,16,17,18,19,20). The first-order chi connectivity index (χ1) is 9.61. The van der Waals surface area contributed by atoms with Gasteiger partial charge in [-0.3, -0.25) is 0 Å². The lowest BCUT2D eigenvalue weighted by Crippen LogP contribution is -2.19. The quantitative estimate of drug-likeness (QED) is 0.876. The summed E-state index contributed by atoms with van der Waals surface area (Å²) < 4.78 is 0. The van der Waals surface area contributed by atoms with Crippen molar-refractivity contribution < 1.29 is 0 Å². The van der Waals surface area contributed by atoms with Crippen LogP contribution < -0.4 is 11.1 Å². The molecule has 1 aliphatic carbocycles. The molecular formula is C15H19N5. The second-order valence-electron chi connectivity index (χ2n) is 5.36. The van der Waals surface area contributed by atoms with Gasteiger partial charge in [0.1, 0.15) is 5.82 Å². The van der Waals surface area contributed by atoms with Gasteiger partial charge in [0.25, 0.3) is 0 Å². The first kappa shape index (κ1) is 12.8. The van der Waals surface area contributed by atoms with E-state index in [9.17, 15) is 0 Å². The summed E-state index contributed by atoms with van der Waals surface area (Å²) in [5.74, 6) is 1.47. The molecule has 0 amide bonds. The molecule has 2 aromatic rings. The number of aryl methyl sites for hydroxylation is 3. The summed E-state index contributed by atoms with van der Waals surface area (Å²) in [6.07, 6.45) is 3.40. The number of hydrogen-bond acceptors (Lipinski definition) is 5. The Bertz CT molecular complexity index is 618. The molecule has 0 spiro atoms. The van der Waals surface area contributed by atoms with E-state index in [2.05, 4.69) is 45.4 Å². The fourth-order valence-corrected chi connectivity index (χ4v) is 2.79. The molecule has 104 valence electrons. The largest absolute Gasteiger partial charge is 0.368 e. The van der Waals surface area contributed by atoms with Crippen molar-refractivity contribution in [2.45, 2.75) is 39.2 Å². The van der Waals surface area contributed by atoms with E-state index in [1.165, 1.54) is 23.1 Å². The molecule has 3 N–H and O–H groups in total. The minimum Gasteiger partial charge on any atom is -0.368 e. The van der Waals surface area contributed by atoms with Gasteiger partial charge in [0.05, 0.1) is 6.04 Å². The lowest BCUT2D eigenvalue weighted by Gasteiger charge is -2.26. The van der Waals surface area contributed by atoms with Crippen molar-refractivity contribution in [2.24, 2.45) is 0 Å². The second-order valence-corrected chi connectivity index (χ2v) is 5.36. The van der Waals surface area contributed by atoms with Crippen molar-refractivity contribution in [2.75, 3.05) is 11.1 Å². The van der Waals surface area contributed by atoms with E-state index in [0.29, 0.717) is 11.8 Å². The van der Waals surface area contributed by atoms with Gasteiger partial charge in [-0.05, 0) is 44.2 Å². The fraction of sp³-hybridized carbons (Fsp3) is 0.400. The summed E-state index contributed by atoms with van der Waals surface area (Å²) in [7, 11) is 0. The Morgan fingerprint density at radius 1 is 1.20 bits per heavy atom. The molecule has 0 radical (unpaired) electrons. The van der Waals surface area contributed by atoms with E-state index in [1.54, 1.807) is 0 Å². The van der Waals surface area contributed by atoms with E-state index in [-0.39, 0.29) is 12.0 Å². The van der Waals surface area contributed by atoms with Crippen molar-refractivity contribution >= 4 is 11.9 Å². The van der Waals surface area contributed by atoms with Gasteiger partial charge in [-0.25, -0.2) is 0 Å². The summed E-state index contributed by atoms with van der Waals surface area (Å²) in [6, 6.07) is 6.90. The molecule has 1 aromatic heterocycles. The van der Waals surface area contributed by atoms with Crippen LogP contribution in [0.3, 0.4) is 0 Å². The molecule has 0 saturated carbocycles. The van der Waals surface area contributed by atoms with Gasteiger partial charge in [0.15, 0.2) is 0 Å². The zero-order chi connectivity index (χ0) is 14.1. The number of fused-ring (bicyclic) bond motifs is 1. The van der Waals surface area contributed by atoms with Crippen LogP contribution >= 0.6 is 0 Å². The number of nitrogens with zero attached hydrogens (tertiary/aromatic N) is 3. The maximum absolute atomic E-state index is 5.68. The molecule has 5 nitrogen and oxygen atoms in total. The van der Waals surface area contributed by atoms with Crippen LogP contribution in [0.1, 0.15) is 41.4 Å². The van der Waals surface area contributed by atoms with Crippen molar-refractivity contribution in [3.63, 3.8) is 0 Å². The second kappa shape index (κ2) is 5.07. The predicted octanol–water partition coefficient (Wildman–Crippen LogP) is 2.56. The highest BCUT2D eigenvalue weighted by Crippen LogP contribution is 2.32. The molecule has 3 rings (SSSR count). The zero-order valence-electron chi connectivity index (χ0n) is 11.8. The SMILES string of the molecule is Cc1ccc2c(c1)C(Nc1nc(C)nc(N)n1)CCC2. The Kier molecular flexibility index (Phi) is 3.26. The van der Waals surface area contributed by atoms with Crippen LogP contribution in [-0.4, -0.2) is 15.0 Å². The molecule has 0 aliphatic heterocycles. The van der Waals surface area contributed by atoms with Gasteiger partial charge in [0, 0.05) is 0 Å². The van der Waals surface area contributed by atoms with E-state index in [4.69, 9.17) is 5.73 Å². The average molecular weight is 269 g/mol. The molecule has 20 heavy (non-hydrogen) atoms. The van der Waals surface area contributed by atoms with Crippen LogP contribution in [0.2, 0.25) is 0 Å². The summed E-state index contributed by atoms with van der Waals surface area (Å²) in [5.41, 5.74) is 9.73. The van der Waals surface area contributed by atoms with Gasteiger partial charge >= 0.3 is 0 Å². The molecule has 1 aromatic carbocycles. The minimum atomic E-state index is 0.250. The summed E-state index contributed by atoms with van der Waals surface area (Å²) in [6.45, 7) is 3.94. The fourth-order valence-electron chi connectivity index (χ4n) is 2.79. The lowest BCUT2D eigenvalue weighted by molar-refractivity contribution is 0.595. The number of anilines is 2. The molecule has 1 heterocycles. The summed E-state index contributed by atoms with van der Waals surface area (Å²) in [4.78, 5) is 12.5. The summed E-state index contributed by atoms with van der Waals surface area (Å²) in [5, 5.41) is 3.40. The van der Waals surface area contributed by atoms with Gasteiger partial charge in [-0.2, -0.15) is 15.0 Å². The van der Waals surface area contributed by atoms with Crippen LogP contribution in [0.25, 0.3) is 0 Å². The van der Waals surface area contributed by atoms with Crippen LogP contribution in [0.15, 0.2) is 18.2 Å². The predicted molar refractivity (Wildman–Crippen MR) is 79.5 cm³/mol. The number of nitrogens with one attached hydrogen (secondary N) is 1. The third kappa shape index (κ3) is 2.57. The Balaban J connectivity index is 1.91. The van der Waals surface area contributed by atoms with Crippen LogP contribution in [0, 0.1) is 13.8 Å². The highest BCUT2D eigenvalue weighted by atomic mass is 15.2. The third-order valence-corrected chi connectivity index (χ3v) is 3.68. The van der Waals surface area contributed by atoms with Crippen molar-refractivity contribution in [1.29, 1.82) is 0 Å². The van der Waals surface area contributed by atoms with Gasteiger partial charge in [0.2, 0.25) is 11.9 Å². The molecule has 0 fully saturated rings. The Morgan fingerprint density at radius 2 is 2.05 bits per heavy atom. The van der Waals surface area contributed by atoms with E-state index in [0.717, 1.165) is 12.8 Å². The normalized spacial score (nSPS) is 17.6. The Hall–Kier alpha value is -2.17. The van der Waals surface area contributed by atoms with Crippen molar-refractivity contribution in [1.82, 2.24) is 15.0 Å². The smallest absolute Gasteiger partial charge is 0.228 e.